The zero-order valence-electron chi connectivity index (χ0n) is 13.3. The third-order valence-corrected chi connectivity index (χ3v) is 3.41. The van der Waals surface area contributed by atoms with Crippen LogP contribution in [0.5, 0.6) is 5.75 Å². The Hall–Kier alpha value is -3.29. The van der Waals surface area contributed by atoms with Gasteiger partial charge in [-0.1, -0.05) is 5.16 Å². The minimum atomic E-state index is -0.774. The fourth-order valence-corrected chi connectivity index (χ4v) is 2.13. The molecule has 0 aliphatic carbocycles. The number of rotatable bonds is 6. The molecule has 0 saturated carbocycles. The van der Waals surface area contributed by atoms with Gasteiger partial charge in [-0.2, -0.15) is 0 Å². The minimum Gasteiger partial charge on any atom is -0.484 e. The quantitative estimate of drug-likeness (QED) is 0.729. The Morgan fingerprint density at radius 2 is 1.77 bits per heavy atom. The number of hydrogen-bond donors (Lipinski definition) is 1. The molecule has 8 heteroatoms. The monoisotopic (exact) mass is 362 g/mol. The normalized spacial score (nSPS) is 10.6. The Morgan fingerprint density at radius 3 is 2.50 bits per heavy atom. The Labute approximate surface area is 146 Å². The van der Waals surface area contributed by atoms with Gasteiger partial charge in [-0.05, 0) is 36.4 Å². The van der Waals surface area contributed by atoms with Crippen LogP contribution in [0.2, 0.25) is 0 Å². The first kappa shape index (κ1) is 17.5. The van der Waals surface area contributed by atoms with Crippen LogP contribution in [0.15, 0.2) is 53.1 Å². The summed E-state index contributed by atoms with van der Waals surface area (Å²) in [6.07, 6.45) is 0. The van der Waals surface area contributed by atoms with Gasteiger partial charge in [-0.15, -0.1) is 0 Å². The number of nitrogens with one attached hydrogen (secondary N) is 1. The molecule has 0 aliphatic rings. The molecule has 0 spiro atoms. The van der Waals surface area contributed by atoms with Crippen LogP contribution in [-0.2, 0) is 11.3 Å². The van der Waals surface area contributed by atoms with E-state index in [4.69, 9.17) is 9.26 Å². The van der Waals surface area contributed by atoms with E-state index < -0.39 is 23.4 Å². The van der Waals surface area contributed by atoms with Crippen LogP contribution in [0.1, 0.15) is 5.69 Å². The maximum Gasteiger partial charge on any atom is 0.258 e. The molecule has 0 aliphatic heterocycles. The molecule has 134 valence electrons. The third kappa shape index (κ3) is 4.41. The number of nitrogens with zero attached hydrogens (tertiary/aromatic N) is 1. The molecule has 0 unspecified atom stereocenters. The molecule has 5 nitrogen and oxygen atoms in total. The van der Waals surface area contributed by atoms with E-state index in [0.717, 1.165) is 12.1 Å². The predicted molar refractivity (Wildman–Crippen MR) is 85.6 cm³/mol. The Morgan fingerprint density at radius 1 is 1.04 bits per heavy atom. The van der Waals surface area contributed by atoms with Gasteiger partial charge in [-0.3, -0.25) is 4.79 Å². The highest BCUT2D eigenvalue weighted by molar-refractivity contribution is 5.77. The number of hydrogen-bond acceptors (Lipinski definition) is 4. The standard InChI is InChI=1S/C18H13F3N2O3/c19-11-1-4-14(5-2-11)25-10-18(24)22-9-13-8-17(26-23-13)15-6-3-12(20)7-16(15)21/h1-8H,9-10H2,(H,22,24). The summed E-state index contributed by atoms with van der Waals surface area (Å²) >= 11 is 0. The third-order valence-electron chi connectivity index (χ3n) is 3.41. The van der Waals surface area contributed by atoms with Crippen molar-refractivity contribution >= 4 is 5.91 Å². The van der Waals surface area contributed by atoms with Crippen molar-refractivity contribution in [1.82, 2.24) is 10.5 Å². The average molecular weight is 362 g/mol. The number of carbonyl (C=O) groups is 1. The van der Waals surface area contributed by atoms with Crippen molar-refractivity contribution in [2.45, 2.75) is 6.54 Å². The Bertz CT molecular complexity index is 910. The molecule has 1 aromatic heterocycles. The molecule has 1 N–H and O–H groups in total. The highest BCUT2D eigenvalue weighted by atomic mass is 19.1. The van der Waals surface area contributed by atoms with E-state index in [1.165, 1.54) is 36.4 Å². The van der Waals surface area contributed by atoms with Gasteiger partial charge < -0.3 is 14.6 Å². The summed E-state index contributed by atoms with van der Waals surface area (Å²) in [6, 6.07) is 9.79. The average Bonchev–Trinajstić information content (AvgIpc) is 3.08. The van der Waals surface area contributed by atoms with Crippen molar-refractivity contribution < 1.29 is 27.2 Å². The smallest absolute Gasteiger partial charge is 0.258 e. The molecule has 1 amide bonds. The second-order valence-corrected chi connectivity index (χ2v) is 5.33. The summed E-state index contributed by atoms with van der Waals surface area (Å²) < 4.78 is 49.6. The molecule has 0 radical (unpaired) electrons. The minimum absolute atomic E-state index is 0.0396. The van der Waals surface area contributed by atoms with Crippen LogP contribution in [0.3, 0.4) is 0 Å². The van der Waals surface area contributed by atoms with Gasteiger partial charge >= 0.3 is 0 Å². The van der Waals surface area contributed by atoms with Crippen LogP contribution in [0.25, 0.3) is 11.3 Å². The maximum atomic E-state index is 13.7. The van der Waals surface area contributed by atoms with Gasteiger partial charge in [0.15, 0.2) is 12.4 Å². The first-order chi connectivity index (χ1) is 12.5. The molecule has 0 atom stereocenters. The topological polar surface area (TPSA) is 64.4 Å². The molecule has 2 aromatic carbocycles. The summed E-state index contributed by atoms with van der Waals surface area (Å²) in [4.78, 5) is 11.8. The van der Waals surface area contributed by atoms with Crippen molar-refractivity contribution in [2.75, 3.05) is 6.61 Å². The fraction of sp³-hybridized carbons (Fsp3) is 0.111. The van der Waals surface area contributed by atoms with Crippen molar-refractivity contribution in [3.8, 4) is 17.1 Å². The molecule has 0 fully saturated rings. The van der Waals surface area contributed by atoms with Crippen LogP contribution in [0.4, 0.5) is 13.2 Å². The van der Waals surface area contributed by atoms with Gasteiger partial charge in [0.05, 0.1) is 12.1 Å². The Kier molecular flexibility index (Phi) is 5.21. The van der Waals surface area contributed by atoms with Crippen LogP contribution >= 0.6 is 0 Å². The molecule has 3 rings (SSSR count). The number of ether oxygens (including phenoxy) is 1. The molecular formula is C18H13F3N2O3. The second-order valence-electron chi connectivity index (χ2n) is 5.33. The number of carbonyl (C=O) groups excluding carboxylic acids is 1. The van der Waals surface area contributed by atoms with Gasteiger partial charge in [-0.25, -0.2) is 13.2 Å². The molecule has 0 saturated heterocycles. The molecule has 0 bridgehead atoms. The van der Waals surface area contributed by atoms with E-state index in [1.807, 2.05) is 0 Å². The van der Waals surface area contributed by atoms with E-state index in [1.54, 1.807) is 0 Å². The van der Waals surface area contributed by atoms with E-state index in [9.17, 15) is 18.0 Å². The zero-order chi connectivity index (χ0) is 18.5. The van der Waals surface area contributed by atoms with Gasteiger partial charge in [0.1, 0.15) is 28.9 Å². The molecule has 26 heavy (non-hydrogen) atoms. The van der Waals surface area contributed by atoms with Crippen molar-refractivity contribution in [3.63, 3.8) is 0 Å². The Balaban J connectivity index is 1.52. The highest BCUT2D eigenvalue weighted by Gasteiger charge is 2.13. The maximum absolute atomic E-state index is 13.7. The first-order valence-corrected chi connectivity index (χ1v) is 7.57. The van der Waals surface area contributed by atoms with Crippen molar-refractivity contribution in [1.29, 1.82) is 0 Å². The lowest BCUT2D eigenvalue weighted by atomic mass is 10.1. The summed E-state index contributed by atoms with van der Waals surface area (Å²) in [7, 11) is 0. The van der Waals surface area contributed by atoms with E-state index >= 15 is 0 Å². The summed E-state index contributed by atoms with van der Waals surface area (Å²) in [5, 5.41) is 6.28. The number of benzene rings is 2. The predicted octanol–water partition coefficient (Wildman–Crippen LogP) is 3.45. The summed E-state index contributed by atoms with van der Waals surface area (Å²) in [5.41, 5.74) is 0.426. The lowest BCUT2D eigenvalue weighted by molar-refractivity contribution is -0.123. The number of amides is 1. The number of aromatic nitrogens is 1. The molecular weight excluding hydrogens is 349 g/mol. The molecule has 3 aromatic rings. The first-order valence-electron chi connectivity index (χ1n) is 7.57. The van der Waals surface area contributed by atoms with E-state index in [2.05, 4.69) is 10.5 Å². The second kappa shape index (κ2) is 7.73. The van der Waals surface area contributed by atoms with Gasteiger partial charge in [0.25, 0.3) is 5.91 Å². The van der Waals surface area contributed by atoms with Gasteiger partial charge in [0.2, 0.25) is 0 Å². The summed E-state index contributed by atoms with van der Waals surface area (Å²) in [6.45, 7) is -0.221. The molecule has 1 heterocycles. The number of halogens is 3. The van der Waals surface area contributed by atoms with E-state index in [-0.39, 0.29) is 24.5 Å². The lowest BCUT2D eigenvalue weighted by Crippen LogP contribution is -2.28. The van der Waals surface area contributed by atoms with Crippen LogP contribution in [0, 0.1) is 17.5 Å². The summed E-state index contributed by atoms with van der Waals surface area (Å²) in [5.74, 6) is -1.82. The van der Waals surface area contributed by atoms with E-state index in [0.29, 0.717) is 11.4 Å². The largest absolute Gasteiger partial charge is 0.484 e. The van der Waals surface area contributed by atoms with Crippen molar-refractivity contribution in [3.05, 3.63) is 71.7 Å². The lowest BCUT2D eigenvalue weighted by Gasteiger charge is -2.06. The zero-order valence-corrected chi connectivity index (χ0v) is 13.3. The van der Waals surface area contributed by atoms with Crippen molar-refractivity contribution in [2.24, 2.45) is 0 Å². The van der Waals surface area contributed by atoms with Crippen LogP contribution < -0.4 is 10.1 Å². The van der Waals surface area contributed by atoms with Crippen LogP contribution in [-0.4, -0.2) is 17.7 Å². The highest BCUT2D eigenvalue weighted by Crippen LogP contribution is 2.24. The SMILES string of the molecule is O=C(COc1ccc(F)cc1)NCc1cc(-c2ccc(F)cc2F)on1. The fourth-order valence-electron chi connectivity index (χ4n) is 2.13. The van der Waals surface area contributed by atoms with Gasteiger partial charge in [0, 0.05) is 12.1 Å².